The van der Waals surface area contributed by atoms with Gasteiger partial charge in [0.05, 0.1) is 10.7 Å². The van der Waals surface area contributed by atoms with E-state index in [4.69, 9.17) is 4.74 Å². The smallest absolute Gasteiger partial charge is 0.281 e. The lowest BCUT2D eigenvalue weighted by atomic mass is 10.1. The van der Waals surface area contributed by atoms with Crippen LogP contribution in [-0.2, 0) is 14.8 Å². The summed E-state index contributed by atoms with van der Waals surface area (Å²) in [7, 11) is -3.82. The van der Waals surface area contributed by atoms with Gasteiger partial charge < -0.3 is 10.1 Å². The van der Waals surface area contributed by atoms with Crippen LogP contribution in [0.15, 0.2) is 89.0 Å². The molecule has 2 amide bonds. The number of benzene rings is 3. The third-order valence-corrected chi connectivity index (χ3v) is 5.27. The van der Waals surface area contributed by atoms with E-state index in [-0.39, 0.29) is 5.70 Å². The van der Waals surface area contributed by atoms with Gasteiger partial charge in [0, 0.05) is 5.56 Å². The van der Waals surface area contributed by atoms with E-state index in [1.807, 2.05) is 29.0 Å². The van der Waals surface area contributed by atoms with Gasteiger partial charge in [-0.05, 0) is 64.0 Å². The van der Waals surface area contributed by atoms with Crippen LogP contribution in [0.4, 0.5) is 0 Å². The minimum absolute atomic E-state index is 0.219. The first-order chi connectivity index (χ1) is 15.2. The average molecular weight is 515 g/mol. The number of nitrogens with one attached hydrogen (secondary N) is 2. The monoisotopic (exact) mass is 514 g/mol. The summed E-state index contributed by atoms with van der Waals surface area (Å²) < 4.78 is 31.5. The fourth-order valence-electron chi connectivity index (χ4n) is 2.62. The van der Waals surface area contributed by atoms with Gasteiger partial charge >= 0.3 is 0 Å². The quantitative estimate of drug-likeness (QED) is 0.462. The van der Waals surface area contributed by atoms with Crippen molar-refractivity contribution in [3.63, 3.8) is 0 Å². The highest BCUT2D eigenvalue weighted by Crippen LogP contribution is 2.29. The number of sulfonamides is 1. The normalized spacial score (nSPS) is 11.5. The Labute approximate surface area is 194 Å². The summed E-state index contributed by atoms with van der Waals surface area (Å²) in [6.45, 7) is 0. The Balaban J connectivity index is 1.84. The van der Waals surface area contributed by atoms with Crippen LogP contribution in [0, 0.1) is 0 Å². The van der Waals surface area contributed by atoms with Crippen molar-refractivity contribution in [2.24, 2.45) is 0 Å². The molecular formula is C23H19BrN2O5S. The van der Waals surface area contributed by atoms with Crippen LogP contribution in [0.1, 0.15) is 15.9 Å². The minimum atomic E-state index is -3.82. The predicted octanol–water partition coefficient (Wildman–Crippen LogP) is 4.09. The molecule has 0 spiro atoms. The summed E-state index contributed by atoms with van der Waals surface area (Å²) in [6.07, 6.45) is 2.24. The maximum absolute atomic E-state index is 12.5. The SMILES string of the molecule is CS(=O)(=O)NC(=O)/C(=C/c1ccc(Oc2ccccc2Br)cc1)NC(=O)c1ccccc1. The number of hydrogen-bond acceptors (Lipinski definition) is 5. The molecule has 164 valence electrons. The lowest BCUT2D eigenvalue weighted by Gasteiger charge is -2.11. The Hall–Kier alpha value is -3.43. The Morgan fingerprint density at radius 2 is 1.53 bits per heavy atom. The second-order valence-corrected chi connectivity index (χ2v) is 9.29. The molecule has 32 heavy (non-hydrogen) atoms. The number of carbonyl (C=O) groups excluding carboxylic acids is 2. The third-order valence-electron chi connectivity index (χ3n) is 4.06. The van der Waals surface area contributed by atoms with E-state index < -0.39 is 21.8 Å². The van der Waals surface area contributed by atoms with Gasteiger partial charge in [0.1, 0.15) is 17.2 Å². The summed E-state index contributed by atoms with van der Waals surface area (Å²) in [6, 6.07) is 22.4. The summed E-state index contributed by atoms with van der Waals surface area (Å²) in [5, 5.41) is 2.47. The molecule has 0 saturated heterocycles. The molecule has 0 saturated carbocycles. The summed E-state index contributed by atoms with van der Waals surface area (Å²) in [4.78, 5) is 25.0. The largest absolute Gasteiger partial charge is 0.456 e. The average Bonchev–Trinajstić information content (AvgIpc) is 2.75. The van der Waals surface area contributed by atoms with Gasteiger partial charge in [0.25, 0.3) is 11.8 Å². The fourth-order valence-corrected chi connectivity index (χ4v) is 3.43. The molecule has 0 unspecified atom stereocenters. The van der Waals surface area contributed by atoms with Crippen molar-refractivity contribution in [1.82, 2.24) is 10.0 Å². The number of para-hydroxylation sites is 1. The molecule has 0 aliphatic rings. The number of carbonyl (C=O) groups is 2. The van der Waals surface area contributed by atoms with E-state index in [0.717, 1.165) is 10.7 Å². The zero-order valence-corrected chi connectivity index (χ0v) is 19.3. The Kier molecular flexibility index (Phi) is 7.45. The van der Waals surface area contributed by atoms with E-state index in [1.54, 1.807) is 54.6 Å². The second-order valence-electron chi connectivity index (χ2n) is 6.68. The van der Waals surface area contributed by atoms with Crippen molar-refractivity contribution in [3.05, 3.63) is 100 Å². The molecule has 3 aromatic rings. The van der Waals surface area contributed by atoms with E-state index >= 15 is 0 Å². The molecule has 2 N–H and O–H groups in total. The Morgan fingerprint density at radius 3 is 2.16 bits per heavy atom. The van der Waals surface area contributed by atoms with Gasteiger partial charge in [-0.25, -0.2) is 13.1 Å². The van der Waals surface area contributed by atoms with Gasteiger partial charge in [-0.2, -0.15) is 0 Å². The van der Waals surface area contributed by atoms with Gasteiger partial charge in [-0.15, -0.1) is 0 Å². The van der Waals surface area contributed by atoms with Crippen LogP contribution >= 0.6 is 15.9 Å². The van der Waals surface area contributed by atoms with Crippen LogP contribution in [-0.4, -0.2) is 26.5 Å². The molecule has 0 atom stereocenters. The molecule has 0 fully saturated rings. The molecule has 0 aromatic heterocycles. The van der Waals surface area contributed by atoms with E-state index in [0.29, 0.717) is 22.6 Å². The van der Waals surface area contributed by atoms with Crippen LogP contribution in [0.2, 0.25) is 0 Å². The fraction of sp³-hybridized carbons (Fsp3) is 0.0435. The zero-order valence-electron chi connectivity index (χ0n) is 16.9. The van der Waals surface area contributed by atoms with Crippen molar-refractivity contribution in [2.45, 2.75) is 0 Å². The number of rotatable bonds is 7. The number of amides is 2. The molecule has 0 aliphatic carbocycles. The van der Waals surface area contributed by atoms with Gasteiger partial charge in [0.2, 0.25) is 10.0 Å². The highest BCUT2D eigenvalue weighted by atomic mass is 79.9. The highest BCUT2D eigenvalue weighted by molar-refractivity contribution is 9.10. The van der Waals surface area contributed by atoms with Crippen molar-refractivity contribution < 1.29 is 22.7 Å². The summed E-state index contributed by atoms with van der Waals surface area (Å²) >= 11 is 3.41. The maximum Gasteiger partial charge on any atom is 0.281 e. The van der Waals surface area contributed by atoms with E-state index in [9.17, 15) is 18.0 Å². The standard InChI is InChI=1S/C23H19BrN2O5S/c1-32(29,30)26-23(28)20(25-22(27)17-7-3-2-4-8-17)15-16-11-13-18(14-12-16)31-21-10-6-5-9-19(21)24/h2-15H,1H3,(H,25,27)(H,26,28)/b20-15-. The zero-order chi connectivity index (χ0) is 23.1. The summed E-state index contributed by atoms with van der Waals surface area (Å²) in [5.74, 6) is -0.302. The lowest BCUT2D eigenvalue weighted by molar-refractivity contribution is -0.116. The summed E-state index contributed by atoms with van der Waals surface area (Å²) in [5.41, 5.74) is 0.656. The number of hydrogen-bond donors (Lipinski definition) is 2. The van der Waals surface area contributed by atoms with Gasteiger partial charge in [-0.1, -0.05) is 42.5 Å². The molecule has 9 heteroatoms. The molecule has 0 radical (unpaired) electrons. The van der Waals surface area contributed by atoms with Crippen LogP contribution in [0.3, 0.4) is 0 Å². The maximum atomic E-state index is 12.5. The molecular weight excluding hydrogens is 496 g/mol. The van der Waals surface area contributed by atoms with Crippen molar-refractivity contribution in [3.8, 4) is 11.5 Å². The molecule has 7 nitrogen and oxygen atoms in total. The topological polar surface area (TPSA) is 102 Å². The van der Waals surface area contributed by atoms with Gasteiger partial charge in [0.15, 0.2) is 0 Å². The first-order valence-electron chi connectivity index (χ1n) is 9.34. The van der Waals surface area contributed by atoms with Crippen LogP contribution < -0.4 is 14.8 Å². The molecule has 3 aromatic carbocycles. The van der Waals surface area contributed by atoms with Crippen LogP contribution in [0.25, 0.3) is 6.08 Å². The Bertz CT molecular complexity index is 1260. The predicted molar refractivity (Wildman–Crippen MR) is 126 cm³/mol. The van der Waals surface area contributed by atoms with Crippen molar-refractivity contribution in [1.29, 1.82) is 0 Å². The Morgan fingerprint density at radius 1 is 0.906 bits per heavy atom. The second kappa shape index (κ2) is 10.3. The minimum Gasteiger partial charge on any atom is -0.456 e. The molecule has 0 heterocycles. The van der Waals surface area contributed by atoms with Crippen molar-refractivity contribution >= 4 is 43.8 Å². The number of ether oxygens (including phenoxy) is 1. The molecule has 0 aliphatic heterocycles. The van der Waals surface area contributed by atoms with Crippen molar-refractivity contribution in [2.75, 3.05) is 6.26 Å². The first-order valence-corrected chi connectivity index (χ1v) is 12.0. The number of halogens is 1. The van der Waals surface area contributed by atoms with Gasteiger partial charge in [-0.3, -0.25) is 9.59 Å². The van der Waals surface area contributed by atoms with E-state index in [2.05, 4.69) is 21.2 Å². The van der Waals surface area contributed by atoms with Crippen LogP contribution in [0.5, 0.6) is 11.5 Å². The van der Waals surface area contributed by atoms with E-state index in [1.165, 1.54) is 6.08 Å². The molecule has 0 bridgehead atoms. The highest BCUT2D eigenvalue weighted by Gasteiger charge is 2.17. The third kappa shape index (κ3) is 6.79. The first kappa shape index (κ1) is 23.2. The molecule has 3 rings (SSSR count). The lowest BCUT2D eigenvalue weighted by Crippen LogP contribution is -2.37.